The molecule has 0 aromatic heterocycles. The van der Waals surface area contributed by atoms with E-state index in [1.54, 1.807) is 14.2 Å². The maximum absolute atomic E-state index is 13.6. The van der Waals surface area contributed by atoms with Crippen molar-refractivity contribution in [1.29, 1.82) is 0 Å². The Hall–Kier alpha value is -2.33. The summed E-state index contributed by atoms with van der Waals surface area (Å²) in [6.07, 6.45) is -0.114. The van der Waals surface area contributed by atoms with E-state index in [0.29, 0.717) is 32.3 Å². The lowest BCUT2D eigenvalue weighted by Gasteiger charge is -2.34. The fraction of sp³-hybridized carbons (Fsp3) is 0.500. The number of nitrogens with zero attached hydrogens (tertiary/aromatic N) is 2. The minimum atomic E-state index is -1.64. The van der Waals surface area contributed by atoms with Crippen LogP contribution in [0.1, 0.15) is 0 Å². The van der Waals surface area contributed by atoms with Gasteiger partial charge in [0.1, 0.15) is 0 Å². The van der Waals surface area contributed by atoms with Crippen molar-refractivity contribution in [3.8, 4) is 0 Å². The minimum absolute atomic E-state index is 0.114. The van der Waals surface area contributed by atoms with Crippen LogP contribution >= 0.6 is 0 Å². The summed E-state index contributed by atoms with van der Waals surface area (Å²) in [4.78, 5) is 18.0. The minimum Gasteiger partial charge on any atom is -0.382 e. The normalized spacial score (nSPS) is 18.0. The van der Waals surface area contributed by atoms with Gasteiger partial charge in [-0.2, -0.15) is 0 Å². The number of anilines is 1. The number of guanidine groups is 1. The zero-order valence-electron chi connectivity index (χ0n) is 14.5. The number of carbonyl (C=O) groups is 1. The number of hydrogen-bond donors (Lipinski definition) is 2. The molecule has 10 heteroatoms. The first kappa shape index (κ1) is 20.0. The molecule has 26 heavy (non-hydrogen) atoms. The van der Waals surface area contributed by atoms with Crippen molar-refractivity contribution in [2.24, 2.45) is 4.99 Å². The van der Waals surface area contributed by atoms with E-state index in [0.717, 1.165) is 12.1 Å². The number of aliphatic imine (C=N–C) groups is 1. The maximum atomic E-state index is 13.6. The summed E-state index contributed by atoms with van der Waals surface area (Å²) in [5, 5.41) is 5.03. The Balaban J connectivity index is 1.90. The number of methoxy groups -OCH3 is 1. The highest BCUT2D eigenvalue weighted by Gasteiger charge is 2.23. The number of nitrogens with one attached hydrogen (secondary N) is 2. The Bertz CT molecular complexity index is 670. The van der Waals surface area contributed by atoms with Gasteiger partial charge < -0.3 is 25.0 Å². The smallest absolute Gasteiger partial charge is 0.243 e. The van der Waals surface area contributed by atoms with Crippen molar-refractivity contribution in [3.63, 3.8) is 0 Å². The molecule has 0 bridgehead atoms. The van der Waals surface area contributed by atoms with Crippen LogP contribution in [0, 0.1) is 17.5 Å². The Morgan fingerprint density at radius 3 is 2.85 bits per heavy atom. The van der Waals surface area contributed by atoms with E-state index in [1.165, 1.54) is 0 Å². The van der Waals surface area contributed by atoms with Crippen molar-refractivity contribution in [2.45, 2.75) is 6.10 Å². The summed E-state index contributed by atoms with van der Waals surface area (Å²) in [5.74, 6) is -4.56. The van der Waals surface area contributed by atoms with Gasteiger partial charge in [-0.05, 0) is 12.1 Å². The van der Waals surface area contributed by atoms with E-state index in [1.807, 2.05) is 4.90 Å². The van der Waals surface area contributed by atoms with Crippen LogP contribution in [-0.2, 0) is 14.3 Å². The van der Waals surface area contributed by atoms with Crippen molar-refractivity contribution >= 4 is 17.6 Å². The number of halogens is 3. The molecule has 0 radical (unpaired) electrons. The van der Waals surface area contributed by atoms with Gasteiger partial charge in [-0.1, -0.05) is 0 Å². The molecule has 2 N–H and O–H groups in total. The first-order chi connectivity index (χ1) is 12.5. The number of ether oxygens (including phenoxy) is 2. The molecule has 2 rings (SSSR count). The van der Waals surface area contributed by atoms with Crippen molar-refractivity contribution in [3.05, 3.63) is 29.6 Å². The average molecular weight is 374 g/mol. The lowest BCUT2D eigenvalue weighted by molar-refractivity contribution is -0.115. The lowest BCUT2D eigenvalue weighted by Crippen LogP contribution is -2.52. The van der Waals surface area contributed by atoms with E-state index in [-0.39, 0.29) is 12.6 Å². The zero-order chi connectivity index (χ0) is 19.1. The lowest BCUT2D eigenvalue weighted by atomic mass is 10.2. The number of hydrogen-bond acceptors (Lipinski definition) is 4. The Morgan fingerprint density at radius 1 is 1.38 bits per heavy atom. The maximum Gasteiger partial charge on any atom is 0.243 e. The Labute approximate surface area is 149 Å². The fourth-order valence-corrected chi connectivity index (χ4v) is 2.51. The quantitative estimate of drug-likeness (QED) is 0.456. The molecule has 1 amide bonds. The predicted molar refractivity (Wildman–Crippen MR) is 89.5 cm³/mol. The number of morpholine rings is 1. The van der Waals surface area contributed by atoms with Crippen molar-refractivity contribution in [1.82, 2.24) is 10.2 Å². The number of benzene rings is 1. The van der Waals surface area contributed by atoms with Crippen LogP contribution in [-0.4, -0.2) is 69.9 Å². The van der Waals surface area contributed by atoms with Crippen molar-refractivity contribution < 1.29 is 27.4 Å². The van der Waals surface area contributed by atoms with Crippen LogP contribution in [0.25, 0.3) is 0 Å². The highest BCUT2D eigenvalue weighted by Crippen LogP contribution is 2.19. The monoisotopic (exact) mass is 374 g/mol. The molecule has 1 unspecified atom stereocenters. The molecule has 1 heterocycles. The van der Waals surface area contributed by atoms with Crippen LogP contribution < -0.4 is 10.6 Å². The van der Waals surface area contributed by atoms with Gasteiger partial charge in [-0.3, -0.25) is 9.79 Å². The molecule has 0 spiro atoms. The van der Waals surface area contributed by atoms with Gasteiger partial charge >= 0.3 is 0 Å². The number of rotatable bonds is 5. The van der Waals surface area contributed by atoms with Crippen LogP contribution in [0.3, 0.4) is 0 Å². The van der Waals surface area contributed by atoms with Gasteiger partial charge in [0.05, 0.1) is 31.5 Å². The summed E-state index contributed by atoms with van der Waals surface area (Å²) in [6.45, 7) is 1.81. The molecule has 1 aliphatic rings. The fourth-order valence-electron chi connectivity index (χ4n) is 2.51. The molecule has 1 atom stereocenters. The van der Waals surface area contributed by atoms with Crippen molar-refractivity contribution in [2.75, 3.05) is 52.3 Å². The summed E-state index contributed by atoms with van der Waals surface area (Å²) in [5.41, 5.74) is -0.433. The van der Waals surface area contributed by atoms with Crippen LogP contribution in [0.4, 0.5) is 18.9 Å². The largest absolute Gasteiger partial charge is 0.382 e. The second-order valence-corrected chi connectivity index (χ2v) is 5.57. The highest BCUT2D eigenvalue weighted by molar-refractivity contribution is 5.95. The second-order valence-electron chi connectivity index (χ2n) is 5.57. The van der Waals surface area contributed by atoms with Gasteiger partial charge in [-0.15, -0.1) is 0 Å². The predicted octanol–water partition coefficient (Wildman–Crippen LogP) is 0.965. The van der Waals surface area contributed by atoms with Gasteiger partial charge in [0.25, 0.3) is 0 Å². The number of amides is 1. The first-order valence-corrected chi connectivity index (χ1v) is 7.95. The number of carbonyl (C=O) groups excluding carboxylic acids is 1. The molecule has 1 aliphatic heterocycles. The third kappa shape index (κ3) is 5.09. The van der Waals surface area contributed by atoms with Crippen LogP contribution in [0.5, 0.6) is 0 Å². The standard InChI is InChI=1S/C16H21F3N4O3/c1-20-16(23-5-6-26-10(8-23)9-25-2)21-7-13(24)22-12-4-3-11(17)14(18)15(12)19/h3-4,10H,5-9H2,1-2H3,(H,20,21)(H,22,24). The second kappa shape index (κ2) is 9.39. The third-order valence-corrected chi connectivity index (χ3v) is 3.72. The van der Waals surface area contributed by atoms with E-state index in [9.17, 15) is 18.0 Å². The molecule has 1 aromatic rings. The summed E-state index contributed by atoms with van der Waals surface area (Å²) in [7, 11) is 3.15. The third-order valence-electron chi connectivity index (χ3n) is 3.72. The summed E-state index contributed by atoms with van der Waals surface area (Å²) < 4.78 is 50.3. The van der Waals surface area contributed by atoms with Crippen LogP contribution in [0.2, 0.25) is 0 Å². The first-order valence-electron chi connectivity index (χ1n) is 7.95. The zero-order valence-corrected chi connectivity index (χ0v) is 14.5. The molecule has 0 saturated carbocycles. The van der Waals surface area contributed by atoms with Gasteiger partial charge in [0.2, 0.25) is 5.91 Å². The van der Waals surface area contributed by atoms with E-state index >= 15 is 0 Å². The van der Waals surface area contributed by atoms with Crippen LogP contribution in [0.15, 0.2) is 17.1 Å². The summed E-state index contributed by atoms with van der Waals surface area (Å²) >= 11 is 0. The van der Waals surface area contributed by atoms with E-state index in [4.69, 9.17) is 9.47 Å². The molecule has 1 fully saturated rings. The molecule has 1 aromatic carbocycles. The molecular weight excluding hydrogens is 353 g/mol. The Kier molecular flexibility index (Phi) is 7.22. The average Bonchev–Trinajstić information content (AvgIpc) is 2.63. The summed E-state index contributed by atoms with van der Waals surface area (Å²) in [6, 6.07) is 1.70. The SMILES string of the molecule is CN=C(NCC(=O)Nc1ccc(F)c(F)c1F)N1CCOC(COC)C1. The van der Waals surface area contributed by atoms with Gasteiger partial charge in [0, 0.05) is 27.2 Å². The topological polar surface area (TPSA) is 75.2 Å². The molecule has 144 valence electrons. The molecular formula is C16H21F3N4O3. The molecule has 7 nitrogen and oxygen atoms in total. The van der Waals surface area contributed by atoms with Gasteiger partial charge in [0.15, 0.2) is 23.4 Å². The molecule has 1 saturated heterocycles. The van der Waals surface area contributed by atoms with Gasteiger partial charge in [-0.25, -0.2) is 13.2 Å². The molecule has 0 aliphatic carbocycles. The highest BCUT2D eigenvalue weighted by atomic mass is 19.2. The van der Waals surface area contributed by atoms with E-state index < -0.39 is 29.0 Å². The Morgan fingerprint density at radius 2 is 2.15 bits per heavy atom. The van der Waals surface area contributed by atoms with E-state index in [2.05, 4.69) is 15.6 Å².